The van der Waals surface area contributed by atoms with Gasteiger partial charge < -0.3 is 10.3 Å². The van der Waals surface area contributed by atoms with Gasteiger partial charge in [-0.05, 0) is 25.0 Å². The average Bonchev–Trinajstić information content (AvgIpc) is 3.15. The molecule has 32 heavy (non-hydrogen) atoms. The van der Waals surface area contributed by atoms with Gasteiger partial charge in [0, 0.05) is 42.0 Å². The summed E-state index contributed by atoms with van der Waals surface area (Å²) >= 11 is 0. The van der Waals surface area contributed by atoms with Crippen LogP contribution in [-0.2, 0) is 10.0 Å². The zero-order chi connectivity index (χ0) is 23.1. The molecule has 3 heterocycles. The molecule has 0 saturated carbocycles. The fourth-order valence-electron chi connectivity index (χ4n) is 3.94. The van der Waals surface area contributed by atoms with Crippen LogP contribution in [0.15, 0.2) is 36.7 Å². The number of benzene rings is 1. The standard InChI is InChI=1S/C23H29N5O3S/c1-23(2,3)21(29)18-13-24-22-20(18)27-19(14-25-22)15-6-5-7-17(12-15)26-16-8-10-28(11-9-16)32(4,30)31/h5-7,12-14,16,26H,8-11H2,1-4H3,(H,24,25). The first-order valence-electron chi connectivity index (χ1n) is 10.7. The summed E-state index contributed by atoms with van der Waals surface area (Å²) in [7, 11) is -3.13. The van der Waals surface area contributed by atoms with E-state index >= 15 is 0 Å². The molecule has 0 amide bonds. The van der Waals surface area contributed by atoms with Crippen LogP contribution in [0.25, 0.3) is 22.4 Å². The van der Waals surface area contributed by atoms with E-state index in [1.54, 1.807) is 12.4 Å². The smallest absolute Gasteiger partial charge is 0.211 e. The third kappa shape index (κ3) is 4.68. The van der Waals surface area contributed by atoms with Crippen molar-refractivity contribution < 1.29 is 13.2 Å². The normalized spacial score (nSPS) is 16.4. The maximum atomic E-state index is 12.8. The summed E-state index contributed by atoms with van der Waals surface area (Å²) in [6, 6.07) is 8.12. The topological polar surface area (TPSA) is 108 Å². The Morgan fingerprint density at radius 2 is 1.94 bits per heavy atom. The minimum atomic E-state index is -3.13. The van der Waals surface area contributed by atoms with E-state index in [1.807, 2.05) is 45.0 Å². The Morgan fingerprint density at radius 3 is 2.59 bits per heavy atom. The Hall–Kier alpha value is -2.78. The first-order chi connectivity index (χ1) is 15.0. The predicted molar refractivity (Wildman–Crippen MR) is 126 cm³/mol. The van der Waals surface area contributed by atoms with Crippen LogP contribution < -0.4 is 5.32 Å². The molecular weight excluding hydrogens is 426 g/mol. The molecule has 1 fully saturated rings. The molecule has 0 bridgehead atoms. The molecule has 0 spiro atoms. The van der Waals surface area contributed by atoms with Crippen LogP contribution >= 0.6 is 0 Å². The van der Waals surface area contributed by atoms with E-state index in [-0.39, 0.29) is 11.8 Å². The van der Waals surface area contributed by atoms with Crippen LogP contribution in [0.1, 0.15) is 44.0 Å². The van der Waals surface area contributed by atoms with E-state index in [2.05, 4.69) is 15.3 Å². The molecule has 2 N–H and O–H groups in total. The van der Waals surface area contributed by atoms with E-state index in [4.69, 9.17) is 4.98 Å². The van der Waals surface area contributed by atoms with Crippen LogP contribution in [0.5, 0.6) is 0 Å². The number of hydrogen-bond acceptors (Lipinski definition) is 6. The number of aromatic amines is 1. The first kappa shape index (κ1) is 22.4. The number of carbonyl (C=O) groups is 1. The summed E-state index contributed by atoms with van der Waals surface area (Å²) < 4.78 is 25.0. The summed E-state index contributed by atoms with van der Waals surface area (Å²) in [5.74, 6) is 0.0195. The van der Waals surface area contributed by atoms with E-state index in [0.717, 1.165) is 24.1 Å². The first-order valence-corrected chi connectivity index (χ1v) is 12.6. The fraction of sp³-hybridized carbons (Fsp3) is 0.435. The number of hydrogen-bond donors (Lipinski definition) is 2. The van der Waals surface area contributed by atoms with Gasteiger partial charge >= 0.3 is 0 Å². The maximum Gasteiger partial charge on any atom is 0.211 e. The highest BCUT2D eigenvalue weighted by molar-refractivity contribution is 7.88. The van der Waals surface area contributed by atoms with Gasteiger partial charge in [0.25, 0.3) is 0 Å². The molecule has 9 heteroatoms. The molecule has 4 rings (SSSR count). The summed E-state index contributed by atoms with van der Waals surface area (Å²) in [4.78, 5) is 25.1. The zero-order valence-corrected chi connectivity index (χ0v) is 19.7. The number of Topliss-reactive ketones (excluding diaryl/α,β-unsaturated/α-hetero) is 1. The van der Waals surface area contributed by atoms with Gasteiger partial charge in [-0.25, -0.2) is 22.7 Å². The molecule has 0 atom stereocenters. The number of piperidine rings is 1. The number of H-pyrrole nitrogens is 1. The second-order valence-electron chi connectivity index (χ2n) is 9.40. The minimum absolute atomic E-state index is 0.0195. The van der Waals surface area contributed by atoms with Crippen molar-refractivity contribution in [3.63, 3.8) is 0 Å². The molecule has 1 aromatic carbocycles. The second kappa shape index (κ2) is 8.29. The van der Waals surface area contributed by atoms with Crippen molar-refractivity contribution in [2.45, 2.75) is 39.7 Å². The maximum absolute atomic E-state index is 12.8. The second-order valence-corrected chi connectivity index (χ2v) is 11.4. The lowest BCUT2D eigenvalue weighted by Crippen LogP contribution is -2.41. The van der Waals surface area contributed by atoms with Crippen LogP contribution in [0.2, 0.25) is 0 Å². The lowest BCUT2D eigenvalue weighted by molar-refractivity contribution is 0.0860. The van der Waals surface area contributed by atoms with Crippen molar-refractivity contribution in [3.05, 3.63) is 42.2 Å². The third-order valence-electron chi connectivity index (χ3n) is 5.76. The number of nitrogens with zero attached hydrogens (tertiary/aromatic N) is 3. The SMILES string of the molecule is CC(C)(C)C(=O)c1c[nH]c2ncc(-c3cccc(NC4CCN(S(C)(=O)=O)CC4)c3)nc12. The number of nitrogens with one attached hydrogen (secondary N) is 2. The summed E-state index contributed by atoms with van der Waals surface area (Å²) in [6.07, 6.45) is 6.15. The molecule has 170 valence electrons. The Balaban J connectivity index is 1.55. The predicted octanol–water partition coefficient (Wildman–Crippen LogP) is 3.69. The molecule has 0 radical (unpaired) electrons. The van der Waals surface area contributed by atoms with Crippen molar-refractivity contribution >= 4 is 32.7 Å². The number of rotatable bonds is 5. The molecular formula is C23H29N5O3S. The van der Waals surface area contributed by atoms with E-state index in [9.17, 15) is 13.2 Å². The van der Waals surface area contributed by atoms with Crippen LogP contribution in [0, 0.1) is 5.41 Å². The number of ketones is 1. The summed E-state index contributed by atoms with van der Waals surface area (Å²) in [5.41, 5.74) is 3.74. The van der Waals surface area contributed by atoms with Crippen molar-refractivity contribution in [2.24, 2.45) is 5.41 Å². The Labute approximate surface area is 188 Å². The van der Waals surface area contributed by atoms with Crippen LogP contribution in [0.4, 0.5) is 5.69 Å². The molecule has 2 aromatic heterocycles. The number of fused-ring (bicyclic) bond motifs is 1. The van der Waals surface area contributed by atoms with Crippen molar-refractivity contribution in [3.8, 4) is 11.3 Å². The monoisotopic (exact) mass is 455 g/mol. The van der Waals surface area contributed by atoms with Gasteiger partial charge in [-0.2, -0.15) is 0 Å². The molecule has 1 aliphatic heterocycles. The number of carbonyl (C=O) groups excluding carboxylic acids is 1. The Bertz CT molecular complexity index is 1250. The Morgan fingerprint density at radius 1 is 1.22 bits per heavy atom. The van der Waals surface area contributed by atoms with Gasteiger partial charge in [0.1, 0.15) is 5.52 Å². The third-order valence-corrected chi connectivity index (χ3v) is 7.06. The lowest BCUT2D eigenvalue weighted by atomic mass is 9.87. The van der Waals surface area contributed by atoms with Gasteiger partial charge in [0.15, 0.2) is 11.4 Å². The van der Waals surface area contributed by atoms with Crippen molar-refractivity contribution in [2.75, 3.05) is 24.7 Å². The number of anilines is 1. The van der Waals surface area contributed by atoms with Gasteiger partial charge in [-0.3, -0.25) is 4.79 Å². The Kier molecular flexibility index (Phi) is 5.81. The number of sulfonamides is 1. The highest BCUT2D eigenvalue weighted by atomic mass is 32.2. The average molecular weight is 456 g/mol. The quantitative estimate of drug-likeness (QED) is 0.568. The molecule has 3 aromatic rings. The highest BCUT2D eigenvalue weighted by Crippen LogP contribution is 2.28. The molecule has 1 aliphatic rings. The van der Waals surface area contributed by atoms with Crippen LogP contribution in [-0.4, -0.2) is 58.8 Å². The molecule has 0 unspecified atom stereocenters. The van der Waals surface area contributed by atoms with Gasteiger partial charge in [0.05, 0.1) is 23.7 Å². The molecule has 0 aliphatic carbocycles. The molecule has 1 saturated heterocycles. The van der Waals surface area contributed by atoms with Crippen molar-refractivity contribution in [1.82, 2.24) is 19.3 Å². The zero-order valence-electron chi connectivity index (χ0n) is 18.8. The van der Waals surface area contributed by atoms with E-state index in [1.165, 1.54) is 10.6 Å². The number of aromatic nitrogens is 3. The fourth-order valence-corrected chi connectivity index (χ4v) is 4.82. The minimum Gasteiger partial charge on any atom is -0.382 e. The highest BCUT2D eigenvalue weighted by Gasteiger charge is 2.27. The largest absolute Gasteiger partial charge is 0.382 e. The van der Waals surface area contributed by atoms with Gasteiger partial charge in [-0.1, -0.05) is 32.9 Å². The summed E-state index contributed by atoms with van der Waals surface area (Å²) in [6.45, 7) is 6.72. The lowest BCUT2D eigenvalue weighted by Gasteiger charge is -2.31. The van der Waals surface area contributed by atoms with Gasteiger partial charge in [-0.15, -0.1) is 0 Å². The molecule has 8 nitrogen and oxygen atoms in total. The van der Waals surface area contributed by atoms with Crippen molar-refractivity contribution in [1.29, 1.82) is 0 Å². The van der Waals surface area contributed by atoms with Crippen LogP contribution in [0.3, 0.4) is 0 Å². The summed E-state index contributed by atoms with van der Waals surface area (Å²) in [5, 5.41) is 3.51. The van der Waals surface area contributed by atoms with Gasteiger partial charge in [0.2, 0.25) is 10.0 Å². The van der Waals surface area contributed by atoms with E-state index < -0.39 is 15.4 Å². The van der Waals surface area contributed by atoms with E-state index in [0.29, 0.717) is 35.5 Å².